The predicted molar refractivity (Wildman–Crippen MR) is 74.4 cm³/mol. The summed E-state index contributed by atoms with van der Waals surface area (Å²) in [4.78, 5) is 2.14. The van der Waals surface area contributed by atoms with Crippen LogP contribution in [0.15, 0.2) is 16.5 Å². The molecule has 1 aliphatic heterocycles. The average Bonchev–Trinajstić information content (AvgIpc) is 2.99. The molecule has 0 bridgehead atoms. The fourth-order valence-electron chi connectivity index (χ4n) is 2.43. The first-order valence-corrected chi connectivity index (χ1v) is 8.38. The zero-order valence-corrected chi connectivity index (χ0v) is 12.4. The Morgan fingerprint density at radius 3 is 2.74 bits per heavy atom. The van der Waals surface area contributed by atoms with E-state index in [0.29, 0.717) is 26.1 Å². The molecule has 0 radical (unpaired) electrons. The largest absolute Gasteiger partial charge is 0.465 e. The molecular formula is C13H22N2O3S. The van der Waals surface area contributed by atoms with Crippen LogP contribution in [0.2, 0.25) is 0 Å². The van der Waals surface area contributed by atoms with Gasteiger partial charge in [-0.15, -0.1) is 0 Å². The molecule has 1 N–H and O–H groups in total. The van der Waals surface area contributed by atoms with E-state index in [2.05, 4.69) is 16.5 Å². The van der Waals surface area contributed by atoms with E-state index in [1.165, 1.54) is 0 Å². The zero-order valence-electron chi connectivity index (χ0n) is 11.6. The summed E-state index contributed by atoms with van der Waals surface area (Å²) in [5, 5.41) is -0.298. The van der Waals surface area contributed by atoms with Crippen molar-refractivity contribution >= 4 is 10.0 Å². The SMILES string of the molecule is CCNS(=O)(=O)[C@@H]1CCN(Cc2ccc(CC)o2)C1. The summed E-state index contributed by atoms with van der Waals surface area (Å²) in [7, 11) is -3.16. The van der Waals surface area contributed by atoms with Crippen LogP contribution in [0.25, 0.3) is 0 Å². The second-order valence-electron chi connectivity index (χ2n) is 4.91. The standard InChI is InChI=1S/C13H22N2O3S/c1-3-11-5-6-12(18-11)9-15-8-7-13(10-15)19(16,17)14-4-2/h5-6,13-14H,3-4,7-10H2,1-2H3/t13-/m1/s1. The van der Waals surface area contributed by atoms with Gasteiger partial charge in [0.15, 0.2) is 0 Å². The number of nitrogens with zero attached hydrogens (tertiary/aromatic N) is 1. The summed E-state index contributed by atoms with van der Waals surface area (Å²) < 4.78 is 32.1. The summed E-state index contributed by atoms with van der Waals surface area (Å²) in [5.74, 6) is 1.89. The second kappa shape index (κ2) is 6.07. The van der Waals surface area contributed by atoms with Gasteiger partial charge in [-0.1, -0.05) is 13.8 Å². The highest BCUT2D eigenvalue weighted by Gasteiger charge is 2.32. The van der Waals surface area contributed by atoms with E-state index in [1.807, 2.05) is 12.1 Å². The molecular weight excluding hydrogens is 264 g/mol. The van der Waals surface area contributed by atoms with Crippen molar-refractivity contribution in [3.8, 4) is 0 Å². The number of aryl methyl sites for hydroxylation is 1. The Bertz CT molecular complexity index is 510. The Balaban J connectivity index is 1.92. The molecule has 0 saturated carbocycles. The van der Waals surface area contributed by atoms with Gasteiger partial charge in [-0.25, -0.2) is 13.1 Å². The Kier molecular flexibility index (Phi) is 4.65. The number of sulfonamides is 1. The maximum atomic E-state index is 11.9. The van der Waals surface area contributed by atoms with E-state index < -0.39 is 10.0 Å². The average molecular weight is 286 g/mol. The van der Waals surface area contributed by atoms with Crippen LogP contribution in [-0.2, 0) is 23.0 Å². The molecule has 0 aliphatic carbocycles. The van der Waals surface area contributed by atoms with Gasteiger partial charge in [0.1, 0.15) is 11.5 Å². The van der Waals surface area contributed by atoms with Crippen molar-refractivity contribution in [2.75, 3.05) is 19.6 Å². The highest BCUT2D eigenvalue weighted by molar-refractivity contribution is 7.90. The minimum atomic E-state index is -3.16. The summed E-state index contributed by atoms with van der Waals surface area (Å²) in [6.07, 6.45) is 1.58. The Morgan fingerprint density at radius 2 is 2.11 bits per heavy atom. The topological polar surface area (TPSA) is 62.6 Å². The normalized spacial score (nSPS) is 21.1. The van der Waals surface area contributed by atoms with Crippen LogP contribution >= 0.6 is 0 Å². The highest BCUT2D eigenvalue weighted by Crippen LogP contribution is 2.19. The van der Waals surface area contributed by atoms with Gasteiger partial charge in [0.25, 0.3) is 0 Å². The van der Waals surface area contributed by atoms with E-state index in [4.69, 9.17) is 4.42 Å². The third-order valence-corrected chi connectivity index (χ3v) is 5.41. The molecule has 0 aromatic carbocycles. The van der Waals surface area contributed by atoms with Gasteiger partial charge in [-0.3, -0.25) is 4.90 Å². The quantitative estimate of drug-likeness (QED) is 0.857. The van der Waals surface area contributed by atoms with Crippen molar-refractivity contribution in [1.82, 2.24) is 9.62 Å². The molecule has 6 heteroatoms. The van der Waals surface area contributed by atoms with Crippen molar-refractivity contribution in [1.29, 1.82) is 0 Å². The molecule has 5 nitrogen and oxygen atoms in total. The van der Waals surface area contributed by atoms with Gasteiger partial charge >= 0.3 is 0 Å². The molecule has 1 fully saturated rings. The van der Waals surface area contributed by atoms with Gasteiger partial charge in [0, 0.05) is 26.1 Å². The lowest BCUT2D eigenvalue weighted by Gasteiger charge is -2.15. The predicted octanol–water partition coefficient (Wildman–Crippen LogP) is 1.36. The smallest absolute Gasteiger partial charge is 0.215 e. The van der Waals surface area contributed by atoms with E-state index >= 15 is 0 Å². The van der Waals surface area contributed by atoms with Crippen LogP contribution in [0.5, 0.6) is 0 Å². The molecule has 1 aromatic rings. The lowest BCUT2D eigenvalue weighted by molar-refractivity contribution is 0.293. The maximum absolute atomic E-state index is 11.9. The molecule has 2 rings (SSSR count). The third-order valence-electron chi connectivity index (χ3n) is 3.46. The Labute approximate surface area is 115 Å². The first kappa shape index (κ1) is 14.6. The number of rotatable bonds is 6. The fraction of sp³-hybridized carbons (Fsp3) is 0.692. The van der Waals surface area contributed by atoms with E-state index in [-0.39, 0.29) is 5.25 Å². The van der Waals surface area contributed by atoms with E-state index in [1.54, 1.807) is 6.92 Å². The second-order valence-corrected chi connectivity index (χ2v) is 6.96. The fourth-order valence-corrected chi connectivity index (χ4v) is 3.89. The van der Waals surface area contributed by atoms with Crippen molar-refractivity contribution in [2.24, 2.45) is 0 Å². The van der Waals surface area contributed by atoms with Gasteiger partial charge in [-0.05, 0) is 18.6 Å². The van der Waals surface area contributed by atoms with Crippen LogP contribution < -0.4 is 4.72 Å². The van der Waals surface area contributed by atoms with E-state index in [0.717, 1.165) is 24.5 Å². The minimum Gasteiger partial charge on any atom is -0.465 e. The van der Waals surface area contributed by atoms with Gasteiger partial charge < -0.3 is 4.42 Å². The maximum Gasteiger partial charge on any atom is 0.215 e. The number of nitrogens with one attached hydrogen (secondary N) is 1. The molecule has 19 heavy (non-hydrogen) atoms. The highest BCUT2D eigenvalue weighted by atomic mass is 32.2. The van der Waals surface area contributed by atoms with Crippen molar-refractivity contribution < 1.29 is 12.8 Å². The molecule has 1 saturated heterocycles. The van der Waals surface area contributed by atoms with Crippen LogP contribution in [-0.4, -0.2) is 38.2 Å². The van der Waals surface area contributed by atoms with Crippen LogP contribution in [0.4, 0.5) is 0 Å². The summed E-state index contributed by atoms with van der Waals surface area (Å²) in [6, 6.07) is 3.96. The van der Waals surface area contributed by atoms with E-state index in [9.17, 15) is 8.42 Å². The first-order valence-electron chi connectivity index (χ1n) is 6.83. The Morgan fingerprint density at radius 1 is 1.37 bits per heavy atom. The molecule has 0 amide bonds. The van der Waals surface area contributed by atoms with Gasteiger partial charge in [0.2, 0.25) is 10.0 Å². The molecule has 1 aromatic heterocycles. The summed E-state index contributed by atoms with van der Waals surface area (Å²) in [5.41, 5.74) is 0. The summed E-state index contributed by atoms with van der Waals surface area (Å²) >= 11 is 0. The number of hydrogen-bond acceptors (Lipinski definition) is 4. The van der Waals surface area contributed by atoms with Crippen molar-refractivity contribution in [3.05, 3.63) is 23.7 Å². The molecule has 0 spiro atoms. The van der Waals surface area contributed by atoms with Gasteiger partial charge in [-0.2, -0.15) is 0 Å². The minimum absolute atomic E-state index is 0.298. The molecule has 1 aliphatic rings. The van der Waals surface area contributed by atoms with Crippen LogP contribution in [0.3, 0.4) is 0 Å². The lowest BCUT2D eigenvalue weighted by Crippen LogP contribution is -2.36. The Hall–Kier alpha value is -0.850. The number of furan rings is 1. The van der Waals surface area contributed by atoms with Crippen molar-refractivity contribution in [3.63, 3.8) is 0 Å². The van der Waals surface area contributed by atoms with Crippen LogP contribution in [0.1, 0.15) is 31.8 Å². The molecule has 2 heterocycles. The molecule has 108 valence electrons. The molecule has 1 atom stereocenters. The number of likely N-dealkylation sites (tertiary alicyclic amines) is 1. The van der Waals surface area contributed by atoms with Crippen LogP contribution in [0, 0.1) is 0 Å². The summed E-state index contributed by atoms with van der Waals surface area (Å²) in [6.45, 7) is 6.39. The monoisotopic (exact) mass is 286 g/mol. The molecule has 0 unspecified atom stereocenters. The lowest BCUT2D eigenvalue weighted by atomic mass is 10.3. The first-order chi connectivity index (χ1) is 9.05. The zero-order chi connectivity index (χ0) is 13.9. The third kappa shape index (κ3) is 3.58. The van der Waals surface area contributed by atoms with Gasteiger partial charge in [0.05, 0.1) is 11.8 Å². The number of hydrogen-bond donors (Lipinski definition) is 1. The van der Waals surface area contributed by atoms with Crippen molar-refractivity contribution in [2.45, 2.75) is 38.5 Å².